The molecule has 1 aliphatic heterocycles. The van der Waals surface area contributed by atoms with Crippen molar-refractivity contribution in [2.75, 3.05) is 24.5 Å². The molecule has 0 aliphatic carbocycles. The number of carbonyl (C=O) groups is 1. The second-order valence-corrected chi connectivity index (χ2v) is 6.20. The van der Waals surface area contributed by atoms with Gasteiger partial charge in [-0.15, -0.1) is 0 Å². The van der Waals surface area contributed by atoms with E-state index in [9.17, 15) is 4.79 Å². The third kappa shape index (κ3) is 4.09. The molecule has 2 heterocycles. The van der Waals surface area contributed by atoms with Crippen molar-refractivity contribution in [3.05, 3.63) is 59.8 Å². The van der Waals surface area contributed by atoms with E-state index in [-0.39, 0.29) is 5.91 Å². The fourth-order valence-electron chi connectivity index (χ4n) is 3.03. The molecule has 1 aromatic carbocycles. The van der Waals surface area contributed by atoms with Crippen LogP contribution in [0.15, 0.2) is 48.7 Å². The first-order valence-corrected chi connectivity index (χ1v) is 8.23. The smallest absolute Gasteiger partial charge is 0.251 e. The molecule has 4 heteroatoms. The number of aryl methyl sites for hydroxylation is 1. The molecule has 1 fully saturated rings. The van der Waals surface area contributed by atoms with Crippen molar-refractivity contribution in [2.24, 2.45) is 5.92 Å². The average Bonchev–Trinajstić information content (AvgIpc) is 2.61. The zero-order valence-corrected chi connectivity index (χ0v) is 13.5. The van der Waals surface area contributed by atoms with Crippen molar-refractivity contribution in [3.8, 4) is 0 Å². The standard InChI is InChI=1S/C19H23N3O/c1-15-5-4-6-17(13-15)19(23)21-14-16-8-11-22(12-9-16)18-7-2-3-10-20-18/h2-7,10,13,16H,8-9,11-12,14H2,1H3,(H,21,23). The molecule has 0 saturated carbocycles. The number of hydrogen-bond acceptors (Lipinski definition) is 3. The van der Waals surface area contributed by atoms with Crippen molar-refractivity contribution in [3.63, 3.8) is 0 Å². The molecule has 0 spiro atoms. The van der Waals surface area contributed by atoms with Crippen LogP contribution in [0.5, 0.6) is 0 Å². The lowest BCUT2D eigenvalue weighted by Crippen LogP contribution is -2.39. The maximum absolute atomic E-state index is 12.2. The van der Waals surface area contributed by atoms with E-state index in [2.05, 4.69) is 21.3 Å². The Balaban J connectivity index is 1.47. The third-order valence-corrected chi connectivity index (χ3v) is 4.42. The molecule has 120 valence electrons. The Labute approximate surface area is 137 Å². The molecular formula is C19H23N3O. The molecule has 2 aromatic rings. The Morgan fingerprint density at radius 3 is 2.74 bits per heavy atom. The molecule has 0 unspecified atom stereocenters. The van der Waals surface area contributed by atoms with Gasteiger partial charge in [-0.1, -0.05) is 23.8 Å². The van der Waals surface area contributed by atoms with Crippen molar-refractivity contribution in [2.45, 2.75) is 19.8 Å². The molecule has 1 aliphatic rings. The van der Waals surface area contributed by atoms with Gasteiger partial charge in [-0.2, -0.15) is 0 Å². The van der Waals surface area contributed by atoms with Crippen molar-refractivity contribution < 1.29 is 4.79 Å². The van der Waals surface area contributed by atoms with Crippen LogP contribution in [0.2, 0.25) is 0 Å². The fourth-order valence-corrected chi connectivity index (χ4v) is 3.03. The highest BCUT2D eigenvalue weighted by Crippen LogP contribution is 2.21. The minimum absolute atomic E-state index is 0.0286. The summed E-state index contributed by atoms with van der Waals surface area (Å²) in [4.78, 5) is 18.9. The zero-order chi connectivity index (χ0) is 16.1. The molecule has 0 atom stereocenters. The van der Waals surface area contributed by atoms with Crippen molar-refractivity contribution >= 4 is 11.7 Å². The number of nitrogens with zero attached hydrogens (tertiary/aromatic N) is 2. The number of piperidine rings is 1. The summed E-state index contributed by atoms with van der Waals surface area (Å²) >= 11 is 0. The van der Waals surface area contributed by atoms with E-state index in [1.165, 1.54) is 0 Å². The number of nitrogens with one attached hydrogen (secondary N) is 1. The summed E-state index contributed by atoms with van der Waals surface area (Å²) in [5.74, 6) is 1.62. The first kappa shape index (κ1) is 15.5. The lowest BCUT2D eigenvalue weighted by atomic mass is 9.96. The number of carbonyl (C=O) groups excluding carboxylic acids is 1. The zero-order valence-electron chi connectivity index (χ0n) is 13.5. The van der Waals surface area contributed by atoms with Crippen LogP contribution in [-0.4, -0.2) is 30.5 Å². The highest BCUT2D eigenvalue weighted by molar-refractivity contribution is 5.94. The van der Waals surface area contributed by atoms with Gasteiger partial charge in [0, 0.05) is 31.4 Å². The van der Waals surface area contributed by atoms with E-state index in [0.717, 1.165) is 49.4 Å². The van der Waals surface area contributed by atoms with Crippen molar-refractivity contribution in [1.82, 2.24) is 10.3 Å². The van der Waals surface area contributed by atoms with Crippen LogP contribution < -0.4 is 10.2 Å². The minimum Gasteiger partial charge on any atom is -0.357 e. The van der Waals surface area contributed by atoms with E-state index in [1.807, 2.05) is 49.5 Å². The van der Waals surface area contributed by atoms with E-state index in [0.29, 0.717) is 5.92 Å². The van der Waals surface area contributed by atoms with Gasteiger partial charge in [-0.25, -0.2) is 4.98 Å². The normalized spacial score (nSPS) is 15.4. The van der Waals surface area contributed by atoms with Gasteiger partial charge in [0.05, 0.1) is 0 Å². The molecule has 1 aromatic heterocycles. The Kier molecular flexibility index (Phi) is 4.91. The van der Waals surface area contributed by atoms with Gasteiger partial charge < -0.3 is 10.2 Å². The van der Waals surface area contributed by atoms with Gasteiger partial charge in [0.25, 0.3) is 5.91 Å². The van der Waals surface area contributed by atoms with Gasteiger partial charge in [0.15, 0.2) is 0 Å². The van der Waals surface area contributed by atoms with Crippen LogP contribution in [0.1, 0.15) is 28.8 Å². The van der Waals surface area contributed by atoms with E-state index in [1.54, 1.807) is 0 Å². The molecule has 1 saturated heterocycles. The molecule has 4 nitrogen and oxygen atoms in total. The molecule has 23 heavy (non-hydrogen) atoms. The maximum atomic E-state index is 12.2. The Morgan fingerprint density at radius 2 is 2.04 bits per heavy atom. The summed E-state index contributed by atoms with van der Waals surface area (Å²) in [6, 6.07) is 13.7. The van der Waals surface area contributed by atoms with E-state index < -0.39 is 0 Å². The SMILES string of the molecule is Cc1cccc(C(=O)NCC2CCN(c3ccccn3)CC2)c1. The summed E-state index contributed by atoms with van der Waals surface area (Å²) in [5.41, 5.74) is 1.86. The van der Waals surface area contributed by atoms with Gasteiger partial charge >= 0.3 is 0 Å². The van der Waals surface area contributed by atoms with Crippen LogP contribution in [0.3, 0.4) is 0 Å². The molecular weight excluding hydrogens is 286 g/mol. The van der Waals surface area contributed by atoms with Gasteiger partial charge in [-0.05, 0) is 49.9 Å². The lowest BCUT2D eigenvalue weighted by molar-refractivity contribution is 0.0945. The fraction of sp³-hybridized carbons (Fsp3) is 0.368. The summed E-state index contributed by atoms with van der Waals surface area (Å²) < 4.78 is 0. The summed E-state index contributed by atoms with van der Waals surface area (Å²) in [5, 5.41) is 3.08. The topological polar surface area (TPSA) is 45.2 Å². The predicted octanol–water partition coefficient (Wildman–Crippen LogP) is 3.04. The van der Waals surface area contributed by atoms with Gasteiger partial charge in [-0.3, -0.25) is 4.79 Å². The molecule has 0 radical (unpaired) electrons. The van der Waals surface area contributed by atoms with Crippen LogP contribution in [-0.2, 0) is 0 Å². The number of hydrogen-bond donors (Lipinski definition) is 1. The molecule has 3 rings (SSSR count). The lowest BCUT2D eigenvalue weighted by Gasteiger charge is -2.32. The molecule has 1 amide bonds. The van der Waals surface area contributed by atoms with Crippen LogP contribution in [0.25, 0.3) is 0 Å². The number of benzene rings is 1. The van der Waals surface area contributed by atoms with Crippen LogP contribution >= 0.6 is 0 Å². The Hall–Kier alpha value is -2.36. The predicted molar refractivity (Wildman–Crippen MR) is 92.7 cm³/mol. The first-order chi connectivity index (χ1) is 11.2. The Morgan fingerprint density at radius 1 is 1.22 bits per heavy atom. The maximum Gasteiger partial charge on any atom is 0.251 e. The number of rotatable bonds is 4. The monoisotopic (exact) mass is 309 g/mol. The third-order valence-electron chi connectivity index (χ3n) is 4.42. The van der Waals surface area contributed by atoms with Gasteiger partial charge in [0.1, 0.15) is 5.82 Å². The number of amides is 1. The highest BCUT2D eigenvalue weighted by atomic mass is 16.1. The first-order valence-electron chi connectivity index (χ1n) is 8.23. The quantitative estimate of drug-likeness (QED) is 0.944. The number of aromatic nitrogens is 1. The van der Waals surface area contributed by atoms with E-state index in [4.69, 9.17) is 0 Å². The summed E-state index contributed by atoms with van der Waals surface area (Å²) in [6.45, 7) is 4.76. The molecule has 0 bridgehead atoms. The van der Waals surface area contributed by atoms with Gasteiger partial charge in [0.2, 0.25) is 0 Å². The molecule has 1 N–H and O–H groups in total. The van der Waals surface area contributed by atoms with E-state index >= 15 is 0 Å². The minimum atomic E-state index is 0.0286. The van der Waals surface area contributed by atoms with Crippen LogP contribution in [0.4, 0.5) is 5.82 Å². The summed E-state index contributed by atoms with van der Waals surface area (Å²) in [7, 11) is 0. The number of pyridine rings is 1. The summed E-state index contributed by atoms with van der Waals surface area (Å²) in [6.07, 6.45) is 4.01. The second kappa shape index (κ2) is 7.27. The highest BCUT2D eigenvalue weighted by Gasteiger charge is 2.20. The number of anilines is 1. The largest absolute Gasteiger partial charge is 0.357 e. The average molecular weight is 309 g/mol. The second-order valence-electron chi connectivity index (χ2n) is 6.20. The van der Waals surface area contributed by atoms with Crippen molar-refractivity contribution in [1.29, 1.82) is 0 Å². The van der Waals surface area contributed by atoms with Crippen LogP contribution in [0, 0.1) is 12.8 Å². The Bertz CT molecular complexity index is 649.